The van der Waals surface area contributed by atoms with Gasteiger partial charge in [-0.1, -0.05) is 48.5 Å². The molecular formula is C18H14N4O. The molecule has 0 aliphatic rings. The van der Waals surface area contributed by atoms with Crippen LogP contribution in [0.5, 0.6) is 0 Å². The van der Waals surface area contributed by atoms with Crippen LogP contribution in [0.2, 0.25) is 0 Å². The first kappa shape index (κ1) is 13.3. The largest absolute Gasteiger partial charge is 0.369 e. The molecule has 1 amide bonds. The van der Waals surface area contributed by atoms with Crippen LogP contribution in [0.1, 0.15) is 0 Å². The predicted octanol–water partition coefficient (Wildman–Crippen LogP) is 3.85. The van der Waals surface area contributed by atoms with Gasteiger partial charge in [0.25, 0.3) is 0 Å². The summed E-state index contributed by atoms with van der Waals surface area (Å²) >= 11 is 0. The number of anilines is 2. The third-order valence-corrected chi connectivity index (χ3v) is 3.82. The monoisotopic (exact) mass is 302 g/mol. The van der Waals surface area contributed by atoms with Crippen molar-refractivity contribution in [1.82, 2.24) is 9.55 Å². The minimum Gasteiger partial charge on any atom is -0.369 e. The highest BCUT2D eigenvalue weighted by molar-refractivity contribution is 6.05. The molecule has 0 saturated carbocycles. The maximum Gasteiger partial charge on any atom is 0.333 e. The van der Waals surface area contributed by atoms with Crippen molar-refractivity contribution in [3.63, 3.8) is 0 Å². The normalized spacial score (nSPS) is 11.0. The second-order valence-corrected chi connectivity index (χ2v) is 5.25. The summed E-state index contributed by atoms with van der Waals surface area (Å²) in [6, 6.07) is 20.7. The highest BCUT2D eigenvalue weighted by Crippen LogP contribution is 2.24. The van der Waals surface area contributed by atoms with Gasteiger partial charge >= 0.3 is 6.03 Å². The zero-order chi connectivity index (χ0) is 15.8. The van der Waals surface area contributed by atoms with Crippen LogP contribution in [0.3, 0.4) is 0 Å². The van der Waals surface area contributed by atoms with Gasteiger partial charge in [0.15, 0.2) is 0 Å². The molecule has 4 rings (SSSR count). The first-order valence-corrected chi connectivity index (χ1v) is 7.26. The Kier molecular flexibility index (Phi) is 2.98. The number of para-hydroxylation sites is 2. The second kappa shape index (κ2) is 5.14. The van der Waals surface area contributed by atoms with Crippen LogP contribution in [0.25, 0.3) is 21.8 Å². The lowest BCUT2D eigenvalue weighted by atomic mass is 10.1. The molecule has 4 aromatic rings. The van der Waals surface area contributed by atoms with Gasteiger partial charge in [0.2, 0.25) is 5.95 Å². The van der Waals surface area contributed by atoms with Gasteiger partial charge in [0.05, 0.1) is 16.7 Å². The van der Waals surface area contributed by atoms with Crippen molar-refractivity contribution in [1.29, 1.82) is 0 Å². The van der Waals surface area contributed by atoms with Crippen molar-refractivity contribution in [2.75, 3.05) is 11.1 Å². The fourth-order valence-electron chi connectivity index (χ4n) is 2.76. The zero-order valence-corrected chi connectivity index (χ0v) is 12.2. The molecule has 112 valence electrons. The summed E-state index contributed by atoms with van der Waals surface area (Å²) in [4.78, 5) is 16.9. The number of rotatable bonds is 1. The van der Waals surface area contributed by atoms with Crippen LogP contribution >= 0.6 is 0 Å². The Balaban J connectivity index is 1.78. The van der Waals surface area contributed by atoms with E-state index >= 15 is 0 Å². The van der Waals surface area contributed by atoms with Gasteiger partial charge in [-0.05, 0) is 23.6 Å². The fraction of sp³-hybridized carbons (Fsp3) is 0. The number of nitrogens with zero attached hydrogens (tertiary/aromatic N) is 2. The van der Waals surface area contributed by atoms with Crippen molar-refractivity contribution >= 4 is 39.5 Å². The highest BCUT2D eigenvalue weighted by Gasteiger charge is 2.15. The van der Waals surface area contributed by atoms with Crippen LogP contribution in [0, 0.1) is 0 Å². The average molecular weight is 302 g/mol. The van der Waals surface area contributed by atoms with Gasteiger partial charge in [-0.2, -0.15) is 0 Å². The Hall–Kier alpha value is -3.34. The van der Waals surface area contributed by atoms with E-state index in [1.54, 1.807) is 0 Å². The van der Waals surface area contributed by atoms with Crippen LogP contribution in [-0.4, -0.2) is 15.6 Å². The van der Waals surface area contributed by atoms with E-state index < -0.39 is 0 Å². The van der Waals surface area contributed by atoms with Gasteiger partial charge in [-0.25, -0.2) is 14.3 Å². The van der Waals surface area contributed by atoms with E-state index in [2.05, 4.69) is 10.3 Å². The SMILES string of the molecule is Nc1nc2ccccc2n1C(=O)Nc1cccc2ccccc12. The summed E-state index contributed by atoms with van der Waals surface area (Å²) < 4.78 is 1.39. The number of aromatic nitrogens is 2. The lowest BCUT2D eigenvalue weighted by Crippen LogP contribution is -2.21. The number of carbonyl (C=O) groups is 1. The Morgan fingerprint density at radius 1 is 0.957 bits per heavy atom. The molecule has 3 aromatic carbocycles. The average Bonchev–Trinajstić information content (AvgIpc) is 2.91. The third kappa shape index (κ3) is 2.19. The number of hydrogen-bond acceptors (Lipinski definition) is 3. The molecule has 0 unspecified atom stereocenters. The fourth-order valence-corrected chi connectivity index (χ4v) is 2.76. The summed E-state index contributed by atoms with van der Waals surface area (Å²) in [5.41, 5.74) is 8.03. The van der Waals surface area contributed by atoms with Crippen LogP contribution in [0.15, 0.2) is 66.7 Å². The summed E-state index contributed by atoms with van der Waals surface area (Å²) in [5.74, 6) is 0.170. The van der Waals surface area contributed by atoms with Gasteiger partial charge in [0, 0.05) is 5.39 Å². The molecule has 5 heteroatoms. The second-order valence-electron chi connectivity index (χ2n) is 5.25. The van der Waals surface area contributed by atoms with Crippen molar-refractivity contribution in [3.8, 4) is 0 Å². The minimum absolute atomic E-state index is 0.170. The van der Waals surface area contributed by atoms with E-state index in [-0.39, 0.29) is 12.0 Å². The molecule has 0 spiro atoms. The summed E-state index contributed by atoms with van der Waals surface area (Å²) in [7, 11) is 0. The number of nitrogens with one attached hydrogen (secondary N) is 1. The molecule has 0 radical (unpaired) electrons. The van der Waals surface area contributed by atoms with Gasteiger partial charge in [-0.3, -0.25) is 0 Å². The summed E-state index contributed by atoms with van der Waals surface area (Å²) in [6.07, 6.45) is 0. The van der Waals surface area contributed by atoms with E-state index in [0.29, 0.717) is 11.0 Å². The first-order valence-electron chi connectivity index (χ1n) is 7.26. The summed E-state index contributed by atoms with van der Waals surface area (Å²) in [5, 5.41) is 4.97. The number of nitrogen functional groups attached to an aromatic ring is 1. The number of benzene rings is 3. The molecule has 3 N–H and O–H groups in total. The van der Waals surface area contributed by atoms with Gasteiger partial charge in [-0.15, -0.1) is 0 Å². The smallest absolute Gasteiger partial charge is 0.333 e. The molecule has 0 saturated heterocycles. The first-order chi connectivity index (χ1) is 11.2. The number of carbonyl (C=O) groups excluding carboxylic acids is 1. The molecule has 1 heterocycles. The van der Waals surface area contributed by atoms with Crippen molar-refractivity contribution < 1.29 is 4.79 Å². The van der Waals surface area contributed by atoms with E-state index in [0.717, 1.165) is 16.5 Å². The molecule has 5 nitrogen and oxygen atoms in total. The van der Waals surface area contributed by atoms with E-state index in [9.17, 15) is 4.79 Å². The van der Waals surface area contributed by atoms with Crippen LogP contribution < -0.4 is 11.1 Å². The maximum absolute atomic E-state index is 12.7. The Labute approximate surface area is 132 Å². The Morgan fingerprint density at radius 3 is 2.61 bits per heavy atom. The van der Waals surface area contributed by atoms with Crippen molar-refractivity contribution in [2.24, 2.45) is 0 Å². The molecule has 0 aliphatic carbocycles. The van der Waals surface area contributed by atoms with Crippen LogP contribution in [-0.2, 0) is 0 Å². The molecule has 0 aliphatic heterocycles. The molecule has 23 heavy (non-hydrogen) atoms. The van der Waals surface area contributed by atoms with E-state index in [1.165, 1.54) is 4.57 Å². The number of imidazole rings is 1. The third-order valence-electron chi connectivity index (χ3n) is 3.82. The van der Waals surface area contributed by atoms with E-state index in [4.69, 9.17) is 5.73 Å². The van der Waals surface area contributed by atoms with Gasteiger partial charge in [0.1, 0.15) is 0 Å². The standard InChI is InChI=1S/C18H14N4O/c19-17-20-15-9-3-4-11-16(15)22(17)18(23)21-14-10-5-7-12-6-1-2-8-13(12)14/h1-11H,(H2,19,20)(H,21,23). The van der Waals surface area contributed by atoms with E-state index in [1.807, 2.05) is 66.7 Å². The molecule has 1 aromatic heterocycles. The number of amides is 1. The lowest BCUT2D eigenvalue weighted by Gasteiger charge is -2.10. The predicted molar refractivity (Wildman–Crippen MR) is 92.5 cm³/mol. The molecule has 0 bridgehead atoms. The zero-order valence-electron chi connectivity index (χ0n) is 12.2. The summed E-state index contributed by atoms with van der Waals surface area (Å²) in [6.45, 7) is 0. The molecule has 0 atom stereocenters. The Morgan fingerprint density at radius 2 is 1.70 bits per heavy atom. The van der Waals surface area contributed by atoms with Gasteiger partial charge < -0.3 is 11.1 Å². The van der Waals surface area contributed by atoms with Crippen LogP contribution in [0.4, 0.5) is 16.4 Å². The molecule has 0 fully saturated rings. The highest BCUT2D eigenvalue weighted by atomic mass is 16.2. The number of hydrogen-bond donors (Lipinski definition) is 2. The quantitative estimate of drug-likeness (QED) is 0.561. The van der Waals surface area contributed by atoms with Crippen molar-refractivity contribution in [2.45, 2.75) is 0 Å². The lowest BCUT2D eigenvalue weighted by molar-refractivity contribution is 0.254. The minimum atomic E-state index is -0.326. The topological polar surface area (TPSA) is 72.9 Å². The maximum atomic E-state index is 12.7. The van der Waals surface area contributed by atoms with Crippen molar-refractivity contribution in [3.05, 3.63) is 66.7 Å². The Bertz CT molecular complexity index is 1030. The molecular weight excluding hydrogens is 288 g/mol. The number of fused-ring (bicyclic) bond motifs is 2. The number of nitrogens with two attached hydrogens (primary N) is 1.